The fourth-order valence-electron chi connectivity index (χ4n) is 4.88. The smallest absolute Gasteiger partial charge is 0.412 e. The molecule has 3 unspecified atom stereocenters. The van der Waals surface area contributed by atoms with Gasteiger partial charge in [-0.05, 0) is 57.1 Å². The minimum atomic E-state index is -4.55. The van der Waals surface area contributed by atoms with Gasteiger partial charge in [-0.3, -0.25) is 9.59 Å². The Morgan fingerprint density at radius 3 is 2.35 bits per heavy atom. The standard InChI is InChI=1S/C28H42F3NO5/c1-16-8-7-9-20(28(29,30)31)11-13-22(17(2)14-21-12-10-18(3)32-21)37-24(34)15-23(33)27(5,6)26(36)19(4)25(16)35/h11-12,14,16,18-19,22-23,25,32-33,35H,7-10,13,15H2,1-6H3/b17-14+,20-11+/t16-,18?,19?,22?,23-,25-/m0/s1. The summed E-state index contributed by atoms with van der Waals surface area (Å²) in [6.45, 7) is 9.97. The van der Waals surface area contributed by atoms with Crippen LogP contribution in [0, 0.1) is 17.3 Å². The molecule has 9 heteroatoms. The van der Waals surface area contributed by atoms with Crippen LogP contribution in [0.3, 0.4) is 0 Å². The molecule has 2 rings (SSSR count). The SMILES string of the molecule is C/C(=C\C1=CCC(C)N1)C1C/C=C(/C(F)(F)F)CCC[C@H](C)[C@H](O)C(C)C(=O)C(C)(C)[C@@H](O)CC(=O)O1. The van der Waals surface area contributed by atoms with E-state index in [0.29, 0.717) is 12.0 Å². The van der Waals surface area contributed by atoms with Gasteiger partial charge in [-0.2, -0.15) is 13.2 Å². The number of rotatable bonds is 2. The number of carbonyl (C=O) groups is 2. The summed E-state index contributed by atoms with van der Waals surface area (Å²) in [4.78, 5) is 26.0. The van der Waals surface area contributed by atoms with Crippen molar-refractivity contribution >= 4 is 11.8 Å². The molecule has 0 saturated carbocycles. The number of aliphatic hydroxyl groups is 2. The monoisotopic (exact) mass is 529 g/mol. The maximum atomic E-state index is 13.8. The first-order chi connectivity index (χ1) is 17.0. The Bertz CT molecular complexity index is 921. The minimum absolute atomic E-state index is 0.171. The molecule has 2 aliphatic rings. The quantitative estimate of drug-likeness (QED) is 0.338. The lowest BCUT2D eigenvalue weighted by atomic mass is 9.73. The number of carbonyl (C=O) groups excluding carboxylic acids is 2. The maximum absolute atomic E-state index is 13.8. The number of ketones is 1. The zero-order valence-electron chi connectivity index (χ0n) is 22.7. The first-order valence-electron chi connectivity index (χ1n) is 13.0. The number of cyclic esters (lactones) is 1. The van der Waals surface area contributed by atoms with Gasteiger partial charge in [0.2, 0.25) is 0 Å². The van der Waals surface area contributed by atoms with Gasteiger partial charge >= 0.3 is 12.1 Å². The number of alkyl halides is 3. The van der Waals surface area contributed by atoms with E-state index in [0.717, 1.165) is 18.2 Å². The van der Waals surface area contributed by atoms with E-state index in [1.807, 2.05) is 13.0 Å². The number of allylic oxidation sites excluding steroid dienone is 2. The third-order valence-electron chi connectivity index (χ3n) is 7.65. The Labute approximate surface area is 218 Å². The summed E-state index contributed by atoms with van der Waals surface area (Å²) >= 11 is 0. The number of aliphatic hydroxyl groups excluding tert-OH is 2. The summed E-state index contributed by atoms with van der Waals surface area (Å²) in [5.74, 6) is -2.53. The number of hydrogen-bond donors (Lipinski definition) is 3. The number of Topliss-reactive ketones (excluding diaryl/α,β-unsaturated/α-hetero) is 1. The highest BCUT2D eigenvalue weighted by Crippen LogP contribution is 2.35. The van der Waals surface area contributed by atoms with Gasteiger partial charge in [-0.1, -0.05) is 39.8 Å². The van der Waals surface area contributed by atoms with Crippen LogP contribution in [-0.2, 0) is 14.3 Å². The van der Waals surface area contributed by atoms with E-state index in [9.17, 15) is 33.0 Å². The average Bonchev–Trinajstić information content (AvgIpc) is 3.21. The molecule has 0 spiro atoms. The van der Waals surface area contributed by atoms with Crippen LogP contribution in [0.4, 0.5) is 13.2 Å². The van der Waals surface area contributed by atoms with Gasteiger partial charge in [-0.15, -0.1) is 0 Å². The summed E-state index contributed by atoms with van der Waals surface area (Å²) in [5.41, 5.74) is -0.682. The summed E-state index contributed by atoms with van der Waals surface area (Å²) in [6.07, 6.45) is -2.85. The molecule has 0 aromatic carbocycles. The minimum Gasteiger partial charge on any atom is -0.457 e. The maximum Gasteiger partial charge on any atom is 0.412 e. The molecule has 3 N–H and O–H groups in total. The van der Waals surface area contributed by atoms with Crippen LogP contribution >= 0.6 is 0 Å². The largest absolute Gasteiger partial charge is 0.457 e. The second kappa shape index (κ2) is 12.6. The number of nitrogens with one attached hydrogen (secondary N) is 1. The topological polar surface area (TPSA) is 95.9 Å². The highest BCUT2D eigenvalue weighted by molar-refractivity contribution is 5.88. The highest BCUT2D eigenvalue weighted by atomic mass is 19.4. The highest BCUT2D eigenvalue weighted by Gasteiger charge is 2.42. The molecule has 0 amide bonds. The fraction of sp³-hybridized carbons (Fsp3) is 0.714. The van der Waals surface area contributed by atoms with E-state index in [-0.39, 0.29) is 25.3 Å². The second-order valence-electron chi connectivity index (χ2n) is 11.2. The van der Waals surface area contributed by atoms with Crippen LogP contribution in [0.1, 0.15) is 80.1 Å². The van der Waals surface area contributed by atoms with Gasteiger partial charge < -0.3 is 20.3 Å². The zero-order chi connectivity index (χ0) is 28.1. The molecule has 210 valence electrons. The van der Waals surface area contributed by atoms with Gasteiger partial charge in [0, 0.05) is 29.7 Å². The zero-order valence-corrected chi connectivity index (χ0v) is 22.7. The number of hydrogen-bond acceptors (Lipinski definition) is 6. The summed E-state index contributed by atoms with van der Waals surface area (Å²) in [7, 11) is 0. The van der Waals surface area contributed by atoms with Crippen LogP contribution < -0.4 is 5.32 Å². The van der Waals surface area contributed by atoms with Crippen molar-refractivity contribution in [2.45, 2.75) is 111 Å². The molecule has 0 aromatic heterocycles. The molecular weight excluding hydrogens is 487 g/mol. The first kappa shape index (κ1) is 31.1. The van der Waals surface area contributed by atoms with Crippen LogP contribution in [0.2, 0.25) is 0 Å². The fourth-order valence-corrected chi connectivity index (χ4v) is 4.88. The molecule has 6 nitrogen and oxygen atoms in total. The van der Waals surface area contributed by atoms with E-state index in [2.05, 4.69) is 5.32 Å². The second-order valence-corrected chi connectivity index (χ2v) is 11.2. The van der Waals surface area contributed by atoms with Crippen molar-refractivity contribution in [3.63, 3.8) is 0 Å². The van der Waals surface area contributed by atoms with Crippen LogP contribution in [0.25, 0.3) is 0 Å². The lowest BCUT2D eigenvalue weighted by Gasteiger charge is -2.34. The Morgan fingerprint density at radius 1 is 1.14 bits per heavy atom. The Balaban J connectivity index is 2.42. The Kier molecular flexibility index (Phi) is 10.6. The average molecular weight is 530 g/mol. The van der Waals surface area contributed by atoms with Crippen molar-refractivity contribution in [1.29, 1.82) is 0 Å². The first-order valence-corrected chi connectivity index (χ1v) is 13.0. The molecular formula is C28H42F3NO5. The van der Waals surface area contributed by atoms with E-state index in [4.69, 9.17) is 4.74 Å². The summed E-state index contributed by atoms with van der Waals surface area (Å²) < 4.78 is 47.0. The lowest BCUT2D eigenvalue weighted by Crippen LogP contribution is -2.45. The molecule has 0 bridgehead atoms. The van der Waals surface area contributed by atoms with Gasteiger partial charge in [0.15, 0.2) is 0 Å². The van der Waals surface area contributed by atoms with E-state index in [1.54, 1.807) is 19.9 Å². The molecule has 0 fully saturated rings. The van der Waals surface area contributed by atoms with Crippen molar-refractivity contribution in [3.8, 4) is 0 Å². The van der Waals surface area contributed by atoms with Crippen molar-refractivity contribution < 1.29 is 37.7 Å². The van der Waals surface area contributed by atoms with Gasteiger partial charge in [0.1, 0.15) is 11.9 Å². The van der Waals surface area contributed by atoms with Crippen LogP contribution in [-0.4, -0.2) is 52.5 Å². The van der Waals surface area contributed by atoms with Crippen molar-refractivity contribution in [2.24, 2.45) is 17.3 Å². The van der Waals surface area contributed by atoms with Crippen molar-refractivity contribution in [1.82, 2.24) is 5.32 Å². The molecule has 37 heavy (non-hydrogen) atoms. The normalized spacial score (nSPS) is 34.7. The molecule has 0 aliphatic carbocycles. The van der Waals surface area contributed by atoms with Gasteiger partial charge in [0.05, 0.1) is 24.0 Å². The van der Waals surface area contributed by atoms with Gasteiger partial charge in [0.25, 0.3) is 0 Å². The Hall–Kier alpha value is -2.13. The van der Waals surface area contributed by atoms with E-state index < -0.39 is 65.5 Å². The number of halogens is 3. The number of ether oxygens (including phenoxy) is 1. The Morgan fingerprint density at radius 2 is 1.78 bits per heavy atom. The van der Waals surface area contributed by atoms with Crippen LogP contribution in [0.15, 0.2) is 35.1 Å². The predicted octanol–water partition coefficient (Wildman–Crippen LogP) is 5.15. The third kappa shape index (κ3) is 8.43. The summed E-state index contributed by atoms with van der Waals surface area (Å²) in [5, 5.41) is 24.7. The van der Waals surface area contributed by atoms with Gasteiger partial charge in [-0.25, -0.2) is 0 Å². The third-order valence-corrected chi connectivity index (χ3v) is 7.65. The predicted molar refractivity (Wildman–Crippen MR) is 135 cm³/mol. The molecule has 2 aliphatic heterocycles. The molecule has 2 heterocycles. The number of esters is 1. The van der Waals surface area contributed by atoms with Crippen molar-refractivity contribution in [2.75, 3.05) is 0 Å². The molecule has 6 atom stereocenters. The summed E-state index contributed by atoms with van der Waals surface area (Å²) in [6, 6.07) is 0.230. The molecule has 0 radical (unpaired) electrons. The van der Waals surface area contributed by atoms with Crippen molar-refractivity contribution in [3.05, 3.63) is 35.1 Å². The molecule has 0 aromatic rings. The van der Waals surface area contributed by atoms with Crippen LogP contribution in [0.5, 0.6) is 0 Å². The lowest BCUT2D eigenvalue weighted by molar-refractivity contribution is -0.154. The van der Waals surface area contributed by atoms with E-state index >= 15 is 0 Å². The van der Waals surface area contributed by atoms with E-state index in [1.165, 1.54) is 20.8 Å². The molecule has 0 saturated heterocycles.